The molecular weight excluding hydrogens is 388 g/mol. The van der Waals surface area contributed by atoms with Crippen molar-refractivity contribution in [1.29, 1.82) is 0 Å². The molecule has 2 aromatic carbocycles. The van der Waals surface area contributed by atoms with Gasteiger partial charge < -0.3 is 14.8 Å². The molecule has 0 aliphatic carbocycles. The Bertz CT molecular complexity index is 932. The zero-order valence-electron chi connectivity index (χ0n) is 19.1. The lowest BCUT2D eigenvalue weighted by Gasteiger charge is -2.39. The van der Waals surface area contributed by atoms with Crippen LogP contribution in [0.4, 0.5) is 0 Å². The first-order chi connectivity index (χ1) is 14.8. The summed E-state index contributed by atoms with van der Waals surface area (Å²) in [6, 6.07) is 14.3. The van der Waals surface area contributed by atoms with Crippen molar-refractivity contribution in [2.24, 2.45) is 5.92 Å². The number of ether oxygens (including phenoxy) is 2. The maximum absolute atomic E-state index is 13.2. The van der Waals surface area contributed by atoms with Gasteiger partial charge in [0.1, 0.15) is 17.1 Å². The number of rotatable bonds is 5. The molecule has 166 valence electrons. The molecule has 5 nitrogen and oxygen atoms in total. The number of likely N-dealkylation sites (tertiary alicyclic amines) is 1. The molecule has 2 heterocycles. The van der Waals surface area contributed by atoms with Crippen LogP contribution in [0, 0.1) is 12.8 Å². The van der Waals surface area contributed by atoms with Crippen LogP contribution in [-0.2, 0) is 11.3 Å². The number of hydrogen-bond acceptors (Lipinski definition) is 4. The van der Waals surface area contributed by atoms with Crippen LogP contribution in [0.5, 0.6) is 11.5 Å². The number of nitrogens with one attached hydrogen (secondary N) is 1. The molecule has 1 atom stereocenters. The van der Waals surface area contributed by atoms with Gasteiger partial charge in [0.15, 0.2) is 0 Å². The van der Waals surface area contributed by atoms with E-state index in [0.717, 1.165) is 56.0 Å². The minimum Gasteiger partial charge on any atom is -0.497 e. The largest absolute Gasteiger partial charge is 0.497 e. The second-order valence-corrected chi connectivity index (χ2v) is 9.51. The maximum Gasteiger partial charge on any atom is 0.223 e. The van der Waals surface area contributed by atoms with Crippen molar-refractivity contribution in [2.75, 3.05) is 20.2 Å². The molecule has 1 fully saturated rings. The predicted octanol–water partition coefficient (Wildman–Crippen LogP) is 4.63. The van der Waals surface area contributed by atoms with E-state index in [0.29, 0.717) is 0 Å². The van der Waals surface area contributed by atoms with Crippen LogP contribution in [0.2, 0.25) is 0 Å². The van der Waals surface area contributed by atoms with Crippen LogP contribution in [0.15, 0.2) is 42.5 Å². The monoisotopic (exact) mass is 422 g/mol. The van der Waals surface area contributed by atoms with Crippen molar-refractivity contribution >= 4 is 5.91 Å². The third-order valence-electron chi connectivity index (χ3n) is 6.60. The van der Waals surface area contributed by atoms with Crippen molar-refractivity contribution in [2.45, 2.75) is 58.2 Å². The van der Waals surface area contributed by atoms with Crippen molar-refractivity contribution in [3.05, 3.63) is 59.2 Å². The third kappa shape index (κ3) is 5.04. The lowest BCUT2D eigenvalue weighted by atomic mass is 9.88. The van der Waals surface area contributed by atoms with Crippen molar-refractivity contribution < 1.29 is 14.3 Å². The van der Waals surface area contributed by atoms with Crippen molar-refractivity contribution in [1.82, 2.24) is 10.2 Å². The standard InChI is InChI=1S/C26H34N2O3/c1-18-7-5-6-8-20(18)17-28-13-11-19(12-14-28)25(29)27-23-16-26(2,3)31-24-10-9-21(30-4)15-22(23)24/h5-10,15,19,23H,11-14,16-17H2,1-4H3,(H,27,29). The number of aryl methyl sites for hydroxylation is 1. The average molecular weight is 423 g/mol. The minimum absolute atomic E-state index is 0.0631. The van der Waals surface area contributed by atoms with E-state index in [1.165, 1.54) is 11.1 Å². The van der Waals surface area contributed by atoms with Crippen molar-refractivity contribution in [3.8, 4) is 11.5 Å². The summed E-state index contributed by atoms with van der Waals surface area (Å²) in [7, 11) is 1.66. The number of hydrogen-bond donors (Lipinski definition) is 1. The molecule has 1 N–H and O–H groups in total. The molecule has 2 aliphatic heterocycles. The van der Waals surface area contributed by atoms with Crippen LogP contribution in [0.1, 0.15) is 55.8 Å². The first-order valence-corrected chi connectivity index (χ1v) is 11.3. The number of benzene rings is 2. The third-order valence-corrected chi connectivity index (χ3v) is 6.60. The van der Waals surface area contributed by atoms with Crippen molar-refractivity contribution in [3.63, 3.8) is 0 Å². The fourth-order valence-electron chi connectivity index (χ4n) is 4.76. The van der Waals surface area contributed by atoms with E-state index in [1.807, 2.05) is 18.2 Å². The summed E-state index contributed by atoms with van der Waals surface area (Å²) >= 11 is 0. The smallest absolute Gasteiger partial charge is 0.223 e. The summed E-state index contributed by atoms with van der Waals surface area (Å²) in [5, 5.41) is 3.33. The number of piperidine rings is 1. The topological polar surface area (TPSA) is 50.8 Å². The molecule has 0 bridgehead atoms. The van der Waals surface area contributed by atoms with Gasteiger partial charge in [0.25, 0.3) is 0 Å². The molecule has 4 rings (SSSR count). The van der Waals surface area contributed by atoms with E-state index in [2.05, 4.69) is 55.3 Å². The van der Waals surface area contributed by atoms with Crippen LogP contribution in [0.3, 0.4) is 0 Å². The Kier molecular flexibility index (Phi) is 6.24. The lowest BCUT2D eigenvalue weighted by Crippen LogP contribution is -2.45. The number of amides is 1. The first kappa shape index (κ1) is 21.7. The molecule has 2 aromatic rings. The molecule has 0 aromatic heterocycles. The van der Waals surface area contributed by atoms with E-state index in [1.54, 1.807) is 7.11 Å². The van der Waals surface area contributed by atoms with E-state index < -0.39 is 0 Å². The van der Waals surface area contributed by atoms with Crippen LogP contribution >= 0.6 is 0 Å². The fraction of sp³-hybridized carbons (Fsp3) is 0.500. The average Bonchev–Trinajstić information content (AvgIpc) is 2.75. The van der Waals surface area contributed by atoms with Gasteiger partial charge in [0.05, 0.1) is 13.2 Å². The Morgan fingerprint density at radius 2 is 1.94 bits per heavy atom. The fourth-order valence-corrected chi connectivity index (χ4v) is 4.76. The first-order valence-electron chi connectivity index (χ1n) is 11.3. The van der Waals surface area contributed by atoms with Gasteiger partial charge in [-0.3, -0.25) is 9.69 Å². The number of carbonyl (C=O) groups is 1. The molecule has 1 saturated heterocycles. The Labute approximate surface area is 185 Å². The molecule has 0 saturated carbocycles. The highest BCUT2D eigenvalue weighted by Gasteiger charge is 2.36. The molecule has 1 unspecified atom stereocenters. The van der Waals surface area contributed by atoms with E-state index in [9.17, 15) is 4.79 Å². The summed E-state index contributed by atoms with van der Waals surface area (Å²) in [5.41, 5.74) is 3.39. The summed E-state index contributed by atoms with van der Waals surface area (Å²) in [4.78, 5) is 15.6. The Balaban J connectivity index is 1.38. The molecular formula is C26H34N2O3. The Hall–Kier alpha value is -2.53. The van der Waals surface area contributed by atoms with Gasteiger partial charge in [0.2, 0.25) is 5.91 Å². The molecule has 31 heavy (non-hydrogen) atoms. The molecule has 5 heteroatoms. The SMILES string of the molecule is COc1ccc2c(c1)C(NC(=O)C1CCN(Cc3ccccc3C)CC1)CC(C)(C)O2. The van der Waals surface area contributed by atoms with Gasteiger partial charge in [-0.25, -0.2) is 0 Å². The van der Waals surface area contributed by atoms with Crippen LogP contribution in [0.25, 0.3) is 0 Å². The summed E-state index contributed by atoms with van der Waals surface area (Å²) in [5.74, 6) is 1.83. The predicted molar refractivity (Wildman–Crippen MR) is 122 cm³/mol. The second kappa shape index (κ2) is 8.91. The van der Waals surface area contributed by atoms with E-state index >= 15 is 0 Å². The summed E-state index contributed by atoms with van der Waals surface area (Å²) < 4.78 is 11.5. The highest BCUT2D eigenvalue weighted by atomic mass is 16.5. The number of carbonyl (C=O) groups excluding carboxylic acids is 1. The summed E-state index contributed by atoms with van der Waals surface area (Å²) in [6.07, 6.45) is 2.54. The van der Waals surface area contributed by atoms with Gasteiger partial charge in [-0.15, -0.1) is 0 Å². The highest BCUT2D eigenvalue weighted by Crippen LogP contribution is 2.41. The van der Waals surface area contributed by atoms with E-state index in [4.69, 9.17) is 9.47 Å². The quantitative estimate of drug-likeness (QED) is 0.763. The maximum atomic E-state index is 13.2. The molecule has 1 amide bonds. The van der Waals surface area contributed by atoms with Gasteiger partial charge in [-0.2, -0.15) is 0 Å². The Morgan fingerprint density at radius 3 is 2.65 bits per heavy atom. The molecule has 0 radical (unpaired) electrons. The summed E-state index contributed by atoms with van der Waals surface area (Å²) in [6.45, 7) is 9.18. The lowest BCUT2D eigenvalue weighted by molar-refractivity contribution is -0.127. The van der Waals surface area contributed by atoms with Gasteiger partial charge in [-0.05, 0) is 76.0 Å². The van der Waals surface area contributed by atoms with Gasteiger partial charge in [0, 0.05) is 24.4 Å². The van der Waals surface area contributed by atoms with Gasteiger partial charge in [-0.1, -0.05) is 24.3 Å². The molecule has 2 aliphatic rings. The second-order valence-electron chi connectivity index (χ2n) is 9.51. The van der Waals surface area contributed by atoms with Crippen LogP contribution in [-0.4, -0.2) is 36.6 Å². The van der Waals surface area contributed by atoms with Crippen LogP contribution < -0.4 is 14.8 Å². The minimum atomic E-state index is -0.323. The number of fused-ring (bicyclic) bond motifs is 1. The Morgan fingerprint density at radius 1 is 1.19 bits per heavy atom. The van der Waals surface area contributed by atoms with E-state index in [-0.39, 0.29) is 23.5 Å². The number of nitrogens with zero attached hydrogens (tertiary/aromatic N) is 1. The zero-order valence-corrected chi connectivity index (χ0v) is 19.1. The normalized spacial score (nSPS) is 21.1. The van der Waals surface area contributed by atoms with Gasteiger partial charge >= 0.3 is 0 Å². The molecule has 0 spiro atoms. The number of methoxy groups -OCH3 is 1. The zero-order chi connectivity index (χ0) is 22.0. The highest BCUT2D eigenvalue weighted by molar-refractivity contribution is 5.79.